The zero-order chi connectivity index (χ0) is 12.4. The van der Waals surface area contributed by atoms with Gasteiger partial charge in [0, 0.05) is 18.9 Å². The molecule has 1 fully saturated rings. The van der Waals surface area contributed by atoms with E-state index in [0.29, 0.717) is 0 Å². The molecule has 96 valence electrons. The maximum atomic E-state index is 4.35. The fraction of sp³-hybridized carbons (Fsp3) is 0.615. The topological polar surface area (TPSA) is 55.1 Å². The molecule has 2 atom stereocenters. The molecule has 0 aliphatic heterocycles. The van der Waals surface area contributed by atoms with Gasteiger partial charge in [-0.1, -0.05) is 26.2 Å². The van der Waals surface area contributed by atoms with E-state index in [1.807, 2.05) is 10.6 Å². The highest BCUT2D eigenvalue weighted by Crippen LogP contribution is 2.29. The maximum Gasteiger partial charge on any atom is 0.203 e. The first kappa shape index (κ1) is 11.4. The van der Waals surface area contributed by atoms with Gasteiger partial charge in [-0.3, -0.25) is 4.40 Å². The zero-order valence-electron chi connectivity index (χ0n) is 10.7. The summed E-state index contributed by atoms with van der Waals surface area (Å²) in [6.45, 7) is 3.34. The third kappa shape index (κ3) is 2.17. The van der Waals surface area contributed by atoms with Crippen molar-refractivity contribution in [2.24, 2.45) is 11.8 Å². The van der Waals surface area contributed by atoms with Gasteiger partial charge in [0.25, 0.3) is 0 Å². The summed E-state index contributed by atoms with van der Waals surface area (Å²) in [6.07, 6.45) is 10.8. The van der Waals surface area contributed by atoms with E-state index in [0.717, 1.165) is 29.8 Å². The van der Waals surface area contributed by atoms with E-state index >= 15 is 0 Å². The Kier molecular flexibility index (Phi) is 3.13. The van der Waals surface area contributed by atoms with Crippen molar-refractivity contribution in [3.63, 3.8) is 0 Å². The average molecular weight is 245 g/mol. The van der Waals surface area contributed by atoms with Crippen molar-refractivity contribution in [3.8, 4) is 0 Å². The third-order valence-corrected chi connectivity index (χ3v) is 4.04. The molecule has 5 nitrogen and oxygen atoms in total. The van der Waals surface area contributed by atoms with Crippen molar-refractivity contribution in [2.75, 3.05) is 11.9 Å². The highest BCUT2D eigenvalue weighted by molar-refractivity contribution is 5.61. The summed E-state index contributed by atoms with van der Waals surface area (Å²) >= 11 is 0. The predicted molar refractivity (Wildman–Crippen MR) is 70.4 cm³/mol. The van der Waals surface area contributed by atoms with Crippen molar-refractivity contribution in [1.82, 2.24) is 19.6 Å². The van der Waals surface area contributed by atoms with Crippen molar-refractivity contribution >= 4 is 11.5 Å². The van der Waals surface area contributed by atoms with Crippen LogP contribution < -0.4 is 5.32 Å². The molecule has 1 saturated carbocycles. The number of hydrogen-bond acceptors (Lipinski definition) is 4. The molecule has 0 radical (unpaired) electrons. The van der Waals surface area contributed by atoms with E-state index in [9.17, 15) is 0 Å². The van der Waals surface area contributed by atoms with Crippen LogP contribution in [0, 0.1) is 11.8 Å². The molecule has 1 aliphatic carbocycles. The number of nitrogens with zero attached hydrogens (tertiary/aromatic N) is 4. The molecule has 2 unspecified atom stereocenters. The Hall–Kier alpha value is -1.65. The van der Waals surface area contributed by atoms with E-state index in [1.54, 1.807) is 12.5 Å². The lowest BCUT2D eigenvalue weighted by molar-refractivity contribution is 0.268. The van der Waals surface area contributed by atoms with Crippen LogP contribution in [0.3, 0.4) is 0 Å². The van der Waals surface area contributed by atoms with E-state index in [-0.39, 0.29) is 0 Å². The highest BCUT2D eigenvalue weighted by Gasteiger charge is 2.21. The first-order valence-electron chi connectivity index (χ1n) is 6.73. The van der Waals surface area contributed by atoms with Crippen molar-refractivity contribution in [3.05, 3.63) is 18.7 Å². The summed E-state index contributed by atoms with van der Waals surface area (Å²) < 4.78 is 1.89. The highest BCUT2D eigenvalue weighted by atomic mass is 15.2. The van der Waals surface area contributed by atoms with Crippen LogP contribution in [-0.4, -0.2) is 26.1 Å². The fourth-order valence-electron chi connectivity index (χ4n) is 2.81. The van der Waals surface area contributed by atoms with Crippen LogP contribution in [0.15, 0.2) is 18.7 Å². The number of rotatable bonds is 3. The molecular formula is C13H19N5. The number of aromatic nitrogens is 4. The molecule has 0 amide bonds. The number of hydrogen-bond donors (Lipinski definition) is 1. The SMILES string of the molecule is CC1CCCCC1CNc1nccn2cnnc12. The third-order valence-electron chi connectivity index (χ3n) is 4.04. The van der Waals surface area contributed by atoms with E-state index in [4.69, 9.17) is 0 Å². The Labute approximate surface area is 107 Å². The average Bonchev–Trinajstić information content (AvgIpc) is 2.86. The number of anilines is 1. The molecule has 2 aromatic heterocycles. The second-order valence-electron chi connectivity index (χ2n) is 5.24. The fourth-order valence-corrected chi connectivity index (χ4v) is 2.81. The Balaban J connectivity index is 1.71. The zero-order valence-corrected chi connectivity index (χ0v) is 10.7. The normalized spacial score (nSPS) is 24.3. The van der Waals surface area contributed by atoms with Crippen LogP contribution in [-0.2, 0) is 0 Å². The second kappa shape index (κ2) is 4.92. The maximum absolute atomic E-state index is 4.35. The molecule has 2 aromatic rings. The molecule has 5 heteroatoms. The molecule has 1 aliphatic rings. The van der Waals surface area contributed by atoms with Gasteiger partial charge in [-0.2, -0.15) is 0 Å². The van der Waals surface area contributed by atoms with E-state index in [1.165, 1.54) is 25.7 Å². The number of nitrogens with one attached hydrogen (secondary N) is 1. The molecular weight excluding hydrogens is 226 g/mol. The first-order chi connectivity index (χ1) is 8.84. The standard InChI is InChI=1S/C13H19N5/c1-10-4-2-3-5-11(10)8-15-12-13-17-16-9-18(13)7-6-14-12/h6-7,9-11H,2-5,8H2,1H3,(H,14,15). The minimum atomic E-state index is 0.753. The van der Waals surface area contributed by atoms with Crippen LogP contribution in [0.25, 0.3) is 5.65 Å². The van der Waals surface area contributed by atoms with Crippen molar-refractivity contribution < 1.29 is 0 Å². The Bertz CT molecular complexity index is 521. The van der Waals surface area contributed by atoms with Gasteiger partial charge >= 0.3 is 0 Å². The van der Waals surface area contributed by atoms with Gasteiger partial charge in [-0.15, -0.1) is 10.2 Å². The van der Waals surface area contributed by atoms with Crippen LogP contribution in [0.2, 0.25) is 0 Å². The van der Waals surface area contributed by atoms with Gasteiger partial charge in [-0.05, 0) is 18.3 Å². The summed E-state index contributed by atoms with van der Waals surface area (Å²) in [5.74, 6) is 2.40. The Morgan fingerprint density at radius 3 is 3.17 bits per heavy atom. The lowest BCUT2D eigenvalue weighted by atomic mass is 9.80. The minimum Gasteiger partial charge on any atom is -0.367 e. The van der Waals surface area contributed by atoms with Gasteiger partial charge < -0.3 is 5.32 Å². The molecule has 2 heterocycles. The molecule has 0 bridgehead atoms. The minimum absolute atomic E-state index is 0.753. The van der Waals surface area contributed by atoms with Crippen molar-refractivity contribution in [2.45, 2.75) is 32.6 Å². The van der Waals surface area contributed by atoms with Crippen LogP contribution in [0.5, 0.6) is 0 Å². The van der Waals surface area contributed by atoms with Gasteiger partial charge in [0.05, 0.1) is 0 Å². The molecule has 0 spiro atoms. The van der Waals surface area contributed by atoms with Gasteiger partial charge in [0.1, 0.15) is 6.33 Å². The number of fused-ring (bicyclic) bond motifs is 1. The molecule has 1 N–H and O–H groups in total. The quantitative estimate of drug-likeness (QED) is 0.902. The van der Waals surface area contributed by atoms with Crippen molar-refractivity contribution in [1.29, 1.82) is 0 Å². The first-order valence-corrected chi connectivity index (χ1v) is 6.73. The van der Waals surface area contributed by atoms with Gasteiger partial charge in [0.2, 0.25) is 5.65 Å². The smallest absolute Gasteiger partial charge is 0.203 e. The Morgan fingerprint density at radius 1 is 1.39 bits per heavy atom. The summed E-state index contributed by atoms with van der Waals surface area (Å²) in [5.41, 5.74) is 0.806. The second-order valence-corrected chi connectivity index (χ2v) is 5.24. The summed E-state index contributed by atoms with van der Waals surface area (Å²) in [6, 6.07) is 0. The summed E-state index contributed by atoms with van der Waals surface area (Å²) in [4.78, 5) is 4.35. The Morgan fingerprint density at radius 2 is 2.28 bits per heavy atom. The lowest BCUT2D eigenvalue weighted by Gasteiger charge is -2.28. The van der Waals surface area contributed by atoms with E-state index in [2.05, 4.69) is 27.4 Å². The summed E-state index contributed by atoms with van der Waals surface area (Å²) in [5, 5.41) is 11.4. The van der Waals surface area contributed by atoms with Crippen LogP contribution in [0.4, 0.5) is 5.82 Å². The monoisotopic (exact) mass is 245 g/mol. The molecule has 3 rings (SSSR count). The predicted octanol–water partition coefficient (Wildman–Crippen LogP) is 2.36. The van der Waals surface area contributed by atoms with Crippen LogP contribution >= 0.6 is 0 Å². The molecule has 0 aromatic carbocycles. The molecule has 18 heavy (non-hydrogen) atoms. The van der Waals surface area contributed by atoms with E-state index < -0.39 is 0 Å². The van der Waals surface area contributed by atoms with Crippen LogP contribution in [0.1, 0.15) is 32.6 Å². The van der Waals surface area contributed by atoms with Gasteiger partial charge in [0.15, 0.2) is 5.82 Å². The van der Waals surface area contributed by atoms with Gasteiger partial charge in [-0.25, -0.2) is 4.98 Å². The molecule has 0 saturated heterocycles. The largest absolute Gasteiger partial charge is 0.367 e. The lowest BCUT2D eigenvalue weighted by Crippen LogP contribution is -2.24. The summed E-state index contributed by atoms with van der Waals surface area (Å²) in [7, 11) is 0.